The van der Waals surface area contributed by atoms with E-state index in [1.807, 2.05) is 0 Å². The molecule has 0 amide bonds. The molecule has 1 aromatic carbocycles. The number of carboxylic acid groups (broad SMARTS) is 1. The van der Waals surface area contributed by atoms with Crippen LogP contribution in [0.5, 0.6) is 5.75 Å². The molecule has 0 aliphatic heterocycles. The summed E-state index contributed by atoms with van der Waals surface area (Å²) >= 11 is 18.4. The van der Waals surface area contributed by atoms with E-state index in [2.05, 4.69) is 0 Å². The molecule has 1 saturated carbocycles. The fourth-order valence-electron chi connectivity index (χ4n) is 3.58. The predicted molar refractivity (Wildman–Crippen MR) is 105 cm³/mol. The Morgan fingerprint density at radius 3 is 2.38 bits per heavy atom. The summed E-state index contributed by atoms with van der Waals surface area (Å²) in [5.74, 6) is -0.0155. The average molecular weight is 424 g/mol. The second-order valence-electron chi connectivity index (χ2n) is 6.91. The zero-order valence-electron chi connectivity index (χ0n) is 14.5. The standard InChI is InChI=1S/C19H25Cl3O4/c20-12-7-13(21)9-14(8-12)26-11-16-15(17(22)10-18(16)23)5-3-1-2-4-6-19(24)25/h7-9,15-18,23H,1-6,10-11H2,(H,24,25)/t15-,16-,17+,18-/m1/s1. The van der Waals surface area contributed by atoms with Crippen LogP contribution >= 0.6 is 34.8 Å². The number of carboxylic acids is 1. The first-order chi connectivity index (χ1) is 12.4. The van der Waals surface area contributed by atoms with E-state index in [1.165, 1.54) is 0 Å². The number of aliphatic carboxylic acids is 1. The molecule has 4 nitrogen and oxygen atoms in total. The quantitative estimate of drug-likeness (QED) is 0.390. The van der Waals surface area contributed by atoms with E-state index in [-0.39, 0.29) is 23.6 Å². The minimum absolute atomic E-state index is 0.0331. The monoisotopic (exact) mass is 422 g/mol. The highest BCUT2D eigenvalue weighted by molar-refractivity contribution is 6.34. The minimum atomic E-state index is -0.747. The van der Waals surface area contributed by atoms with Crippen molar-refractivity contribution in [3.63, 3.8) is 0 Å². The van der Waals surface area contributed by atoms with Crippen molar-refractivity contribution in [2.45, 2.75) is 56.4 Å². The summed E-state index contributed by atoms with van der Waals surface area (Å²) in [5.41, 5.74) is 0. The molecule has 0 radical (unpaired) electrons. The van der Waals surface area contributed by atoms with Gasteiger partial charge in [-0.3, -0.25) is 4.79 Å². The van der Waals surface area contributed by atoms with Gasteiger partial charge in [0.1, 0.15) is 5.75 Å². The van der Waals surface area contributed by atoms with Crippen LogP contribution in [0.25, 0.3) is 0 Å². The Labute approximate surface area is 169 Å². The maximum atomic E-state index is 10.5. The van der Waals surface area contributed by atoms with E-state index >= 15 is 0 Å². The molecule has 7 heteroatoms. The lowest BCUT2D eigenvalue weighted by Gasteiger charge is -2.23. The van der Waals surface area contributed by atoms with Gasteiger partial charge in [0.2, 0.25) is 0 Å². The highest BCUT2D eigenvalue weighted by Crippen LogP contribution is 2.40. The lowest BCUT2D eigenvalue weighted by molar-refractivity contribution is -0.137. The topological polar surface area (TPSA) is 66.8 Å². The molecule has 0 aromatic heterocycles. The van der Waals surface area contributed by atoms with Gasteiger partial charge >= 0.3 is 5.97 Å². The van der Waals surface area contributed by atoms with Crippen molar-refractivity contribution in [2.75, 3.05) is 6.61 Å². The van der Waals surface area contributed by atoms with Crippen LogP contribution in [-0.4, -0.2) is 34.3 Å². The van der Waals surface area contributed by atoms with Crippen LogP contribution in [0.15, 0.2) is 18.2 Å². The second kappa shape index (κ2) is 10.6. The van der Waals surface area contributed by atoms with Crippen molar-refractivity contribution in [3.05, 3.63) is 28.2 Å². The molecule has 1 aliphatic carbocycles. The predicted octanol–water partition coefficient (Wildman–Crippen LogP) is 5.40. The Morgan fingerprint density at radius 1 is 1.08 bits per heavy atom. The van der Waals surface area contributed by atoms with Crippen LogP contribution in [-0.2, 0) is 4.79 Å². The van der Waals surface area contributed by atoms with Gasteiger partial charge in [0.25, 0.3) is 0 Å². The SMILES string of the molecule is O=C(O)CCCCCC[C@@H]1[C@@H](COc2cc(Cl)cc(Cl)c2)[C@H](O)C[C@@H]1Cl. The van der Waals surface area contributed by atoms with Crippen LogP contribution in [0.4, 0.5) is 0 Å². The molecule has 2 N–H and O–H groups in total. The molecule has 2 rings (SSSR count). The smallest absolute Gasteiger partial charge is 0.303 e. The summed E-state index contributed by atoms with van der Waals surface area (Å²) in [6, 6.07) is 5.04. The first kappa shape index (κ1) is 21.6. The molecule has 0 bridgehead atoms. The largest absolute Gasteiger partial charge is 0.493 e. The Bertz CT molecular complexity index is 576. The number of hydrogen-bond acceptors (Lipinski definition) is 3. The highest BCUT2D eigenvalue weighted by Gasteiger charge is 2.41. The molecule has 146 valence electrons. The van der Waals surface area contributed by atoms with Gasteiger partial charge in [0.15, 0.2) is 0 Å². The van der Waals surface area contributed by atoms with Crippen LogP contribution in [0, 0.1) is 11.8 Å². The zero-order valence-corrected chi connectivity index (χ0v) is 16.8. The van der Waals surface area contributed by atoms with E-state index in [1.54, 1.807) is 18.2 Å². The number of aliphatic hydroxyl groups is 1. The Kier molecular flexibility index (Phi) is 8.82. The third-order valence-corrected chi connectivity index (χ3v) is 5.87. The molecule has 26 heavy (non-hydrogen) atoms. The van der Waals surface area contributed by atoms with Gasteiger partial charge in [-0.2, -0.15) is 0 Å². The normalized spacial score (nSPS) is 25.4. The van der Waals surface area contributed by atoms with E-state index in [9.17, 15) is 9.90 Å². The Morgan fingerprint density at radius 2 is 1.73 bits per heavy atom. The molecule has 1 aliphatic rings. The van der Waals surface area contributed by atoms with Crippen molar-refractivity contribution in [1.82, 2.24) is 0 Å². The number of halogens is 3. The van der Waals surface area contributed by atoms with Crippen LogP contribution < -0.4 is 4.74 Å². The number of unbranched alkanes of at least 4 members (excludes halogenated alkanes) is 3. The number of carbonyl (C=O) groups is 1. The van der Waals surface area contributed by atoms with Gasteiger partial charge in [0, 0.05) is 27.8 Å². The van der Waals surface area contributed by atoms with Gasteiger partial charge in [0.05, 0.1) is 12.7 Å². The van der Waals surface area contributed by atoms with E-state index < -0.39 is 12.1 Å². The molecule has 1 aromatic rings. The maximum absolute atomic E-state index is 10.5. The molecule has 4 atom stereocenters. The molecule has 1 fully saturated rings. The van der Waals surface area contributed by atoms with Gasteiger partial charge in [-0.05, 0) is 43.4 Å². The number of rotatable bonds is 10. The Hall–Kier alpha value is -0.680. The van der Waals surface area contributed by atoms with Crippen LogP contribution in [0.3, 0.4) is 0 Å². The fourth-order valence-corrected chi connectivity index (χ4v) is 4.58. The lowest BCUT2D eigenvalue weighted by atomic mass is 9.90. The zero-order chi connectivity index (χ0) is 19.1. The molecule has 0 unspecified atom stereocenters. The maximum Gasteiger partial charge on any atom is 0.303 e. The lowest BCUT2D eigenvalue weighted by Crippen LogP contribution is -2.27. The molecular weight excluding hydrogens is 399 g/mol. The van der Waals surface area contributed by atoms with Crippen molar-refractivity contribution in [1.29, 1.82) is 0 Å². The molecular formula is C19H25Cl3O4. The van der Waals surface area contributed by atoms with Crippen molar-refractivity contribution < 1.29 is 19.7 Å². The third kappa shape index (κ3) is 6.80. The summed E-state index contributed by atoms with van der Waals surface area (Å²) in [6.07, 6.45) is 4.76. The average Bonchev–Trinajstić information content (AvgIpc) is 2.81. The first-order valence-electron chi connectivity index (χ1n) is 8.99. The number of aliphatic hydroxyl groups excluding tert-OH is 1. The first-order valence-corrected chi connectivity index (χ1v) is 10.2. The summed E-state index contributed by atoms with van der Waals surface area (Å²) in [5, 5.41) is 19.9. The summed E-state index contributed by atoms with van der Waals surface area (Å²) in [4.78, 5) is 10.5. The summed E-state index contributed by atoms with van der Waals surface area (Å²) in [6.45, 7) is 0.366. The summed E-state index contributed by atoms with van der Waals surface area (Å²) in [7, 11) is 0. The molecule has 0 heterocycles. The van der Waals surface area contributed by atoms with Crippen LogP contribution in [0.1, 0.15) is 44.9 Å². The van der Waals surface area contributed by atoms with Gasteiger partial charge in [-0.25, -0.2) is 0 Å². The van der Waals surface area contributed by atoms with E-state index in [0.29, 0.717) is 35.2 Å². The second-order valence-corrected chi connectivity index (χ2v) is 8.34. The number of benzene rings is 1. The molecule has 0 saturated heterocycles. The van der Waals surface area contributed by atoms with Crippen LogP contribution in [0.2, 0.25) is 10.0 Å². The number of hydrogen-bond donors (Lipinski definition) is 2. The number of ether oxygens (including phenoxy) is 1. The van der Waals surface area contributed by atoms with Crippen molar-refractivity contribution in [3.8, 4) is 5.75 Å². The van der Waals surface area contributed by atoms with Crippen molar-refractivity contribution >= 4 is 40.8 Å². The minimum Gasteiger partial charge on any atom is -0.493 e. The van der Waals surface area contributed by atoms with E-state index in [4.69, 9.17) is 44.6 Å². The van der Waals surface area contributed by atoms with Gasteiger partial charge in [-0.15, -0.1) is 11.6 Å². The Balaban J connectivity index is 1.81. The fraction of sp³-hybridized carbons (Fsp3) is 0.632. The van der Waals surface area contributed by atoms with Gasteiger partial charge in [-0.1, -0.05) is 42.5 Å². The number of alkyl halides is 1. The highest BCUT2D eigenvalue weighted by atomic mass is 35.5. The third-order valence-electron chi connectivity index (χ3n) is 4.93. The summed E-state index contributed by atoms with van der Waals surface area (Å²) < 4.78 is 5.82. The van der Waals surface area contributed by atoms with Gasteiger partial charge < -0.3 is 14.9 Å². The van der Waals surface area contributed by atoms with E-state index in [0.717, 1.165) is 25.7 Å². The molecule has 0 spiro atoms. The van der Waals surface area contributed by atoms with Crippen molar-refractivity contribution in [2.24, 2.45) is 11.8 Å².